The molecule has 7 heteroatoms. The van der Waals surface area contributed by atoms with E-state index in [9.17, 15) is 14.4 Å². The lowest BCUT2D eigenvalue weighted by Gasteiger charge is -2.18. The first-order chi connectivity index (χ1) is 13.7. The summed E-state index contributed by atoms with van der Waals surface area (Å²) in [7, 11) is 0. The van der Waals surface area contributed by atoms with E-state index >= 15 is 0 Å². The molecule has 1 aliphatic heterocycles. The Balaban J connectivity index is 1.48. The molecule has 0 unspecified atom stereocenters. The minimum atomic E-state index is -0.674. The maximum Gasteiger partial charge on any atom is 0.344 e. The highest BCUT2D eigenvalue weighted by Gasteiger charge is 2.32. The van der Waals surface area contributed by atoms with Crippen molar-refractivity contribution < 1.29 is 28.6 Å². The van der Waals surface area contributed by atoms with Crippen molar-refractivity contribution in [3.8, 4) is 11.5 Å². The predicted molar refractivity (Wildman–Crippen MR) is 106 cm³/mol. The van der Waals surface area contributed by atoms with Gasteiger partial charge in [-0.1, -0.05) is 24.3 Å². The smallest absolute Gasteiger partial charge is 0.344 e. The highest BCUT2D eigenvalue weighted by Crippen LogP contribution is 2.41. The number of hydrogen-bond donors (Lipinski definition) is 1. The van der Waals surface area contributed by atoms with Crippen LogP contribution in [0.3, 0.4) is 0 Å². The number of nitrogens with one attached hydrogen (secondary N) is 1. The van der Waals surface area contributed by atoms with Crippen molar-refractivity contribution in [2.75, 3.05) is 18.5 Å². The summed E-state index contributed by atoms with van der Waals surface area (Å²) in [5.74, 6) is -0.189. The molecular weight excluding hydrogens is 374 g/mol. The van der Waals surface area contributed by atoms with E-state index in [4.69, 9.17) is 14.2 Å². The lowest BCUT2D eigenvalue weighted by Crippen LogP contribution is -2.25. The molecule has 0 saturated carbocycles. The molecule has 0 aliphatic carbocycles. The van der Waals surface area contributed by atoms with E-state index in [-0.39, 0.29) is 18.0 Å². The van der Waals surface area contributed by atoms with Gasteiger partial charge in [0.15, 0.2) is 30.5 Å². The van der Waals surface area contributed by atoms with E-state index < -0.39 is 18.5 Å². The SMILES string of the molecule is CC(=O)c1cccc(NC(=O)COC(=O)COc2cccc3c2OC(C)(C)C3)c1. The fourth-order valence-electron chi connectivity index (χ4n) is 3.04. The van der Waals surface area contributed by atoms with Crippen molar-refractivity contribution in [3.05, 3.63) is 53.6 Å². The summed E-state index contributed by atoms with van der Waals surface area (Å²) in [5.41, 5.74) is 1.64. The lowest BCUT2D eigenvalue weighted by molar-refractivity contribution is -0.149. The molecule has 1 aliphatic rings. The largest absolute Gasteiger partial charge is 0.483 e. The van der Waals surface area contributed by atoms with Crippen LogP contribution in [0.4, 0.5) is 5.69 Å². The molecule has 7 nitrogen and oxygen atoms in total. The van der Waals surface area contributed by atoms with Crippen molar-refractivity contribution >= 4 is 23.3 Å². The lowest BCUT2D eigenvalue weighted by atomic mass is 10.0. The molecule has 2 aromatic carbocycles. The molecule has 0 atom stereocenters. The van der Waals surface area contributed by atoms with Crippen LogP contribution in [0.1, 0.15) is 36.7 Å². The topological polar surface area (TPSA) is 90.9 Å². The summed E-state index contributed by atoms with van der Waals surface area (Å²) >= 11 is 0. The number of ketones is 1. The third kappa shape index (κ3) is 5.34. The number of Topliss-reactive ketones (excluding diaryl/α,β-unsaturated/α-hetero) is 1. The van der Waals surface area contributed by atoms with Crippen LogP contribution in [0.5, 0.6) is 11.5 Å². The first kappa shape index (κ1) is 20.4. The van der Waals surface area contributed by atoms with Crippen LogP contribution >= 0.6 is 0 Å². The van der Waals surface area contributed by atoms with E-state index in [1.807, 2.05) is 26.0 Å². The number of hydrogen-bond acceptors (Lipinski definition) is 6. The Labute approximate surface area is 169 Å². The fraction of sp³-hybridized carbons (Fsp3) is 0.318. The van der Waals surface area contributed by atoms with Crippen molar-refractivity contribution in [1.82, 2.24) is 0 Å². The zero-order valence-electron chi connectivity index (χ0n) is 16.6. The number of fused-ring (bicyclic) bond motifs is 1. The van der Waals surface area contributed by atoms with Gasteiger partial charge in [0, 0.05) is 23.2 Å². The Morgan fingerprint density at radius 1 is 1.10 bits per heavy atom. The third-order valence-electron chi connectivity index (χ3n) is 4.32. The molecule has 3 rings (SSSR count). The second-order valence-corrected chi connectivity index (χ2v) is 7.42. The molecule has 0 bridgehead atoms. The predicted octanol–water partition coefficient (Wildman–Crippen LogP) is 3.16. The van der Waals surface area contributed by atoms with Crippen LogP contribution in [0.2, 0.25) is 0 Å². The number of rotatable bonds is 7. The molecule has 0 saturated heterocycles. The maximum absolute atomic E-state index is 12.0. The van der Waals surface area contributed by atoms with Crippen molar-refractivity contribution in [2.24, 2.45) is 0 Å². The van der Waals surface area contributed by atoms with E-state index in [0.717, 1.165) is 12.0 Å². The summed E-state index contributed by atoms with van der Waals surface area (Å²) in [6, 6.07) is 12.0. The van der Waals surface area contributed by atoms with Gasteiger partial charge in [-0.15, -0.1) is 0 Å². The standard InChI is InChI=1S/C22H23NO6/c1-14(24)15-6-4-8-17(10-15)23-19(25)12-28-20(26)13-27-18-9-5-7-16-11-22(2,3)29-21(16)18/h4-10H,11-13H2,1-3H3,(H,23,25). The van der Waals surface area contributed by atoms with Crippen LogP contribution in [-0.4, -0.2) is 36.5 Å². The number of esters is 1. The monoisotopic (exact) mass is 397 g/mol. The summed E-state index contributed by atoms with van der Waals surface area (Å²) in [5, 5.41) is 2.58. The van der Waals surface area contributed by atoms with Gasteiger partial charge in [-0.3, -0.25) is 9.59 Å². The Hall–Kier alpha value is -3.35. The van der Waals surface area contributed by atoms with Crippen LogP contribution < -0.4 is 14.8 Å². The number of amides is 1. The van der Waals surface area contributed by atoms with Crippen LogP contribution in [0.15, 0.2) is 42.5 Å². The van der Waals surface area contributed by atoms with Crippen molar-refractivity contribution in [2.45, 2.75) is 32.8 Å². The average molecular weight is 397 g/mol. The minimum absolute atomic E-state index is 0.107. The Morgan fingerprint density at radius 2 is 1.86 bits per heavy atom. The van der Waals surface area contributed by atoms with Crippen molar-refractivity contribution in [3.63, 3.8) is 0 Å². The summed E-state index contributed by atoms with van der Waals surface area (Å²) in [4.78, 5) is 35.3. The summed E-state index contributed by atoms with van der Waals surface area (Å²) in [6.07, 6.45) is 0.759. The zero-order chi connectivity index (χ0) is 21.0. The first-order valence-corrected chi connectivity index (χ1v) is 9.24. The Morgan fingerprint density at radius 3 is 2.62 bits per heavy atom. The second kappa shape index (κ2) is 8.34. The Kier molecular flexibility index (Phi) is 5.87. The summed E-state index contributed by atoms with van der Waals surface area (Å²) in [6.45, 7) is 4.61. The Bertz CT molecular complexity index is 950. The number of carbonyl (C=O) groups excluding carboxylic acids is 3. The molecule has 1 amide bonds. The third-order valence-corrected chi connectivity index (χ3v) is 4.32. The van der Waals surface area contributed by atoms with E-state index in [1.54, 1.807) is 30.3 Å². The highest BCUT2D eigenvalue weighted by molar-refractivity contribution is 5.97. The van der Waals surface area contributed by atoms with Gasteiger partial charge in [0.1, 0.15) is 5.60 Å². The number of ether oxygens (including phenoxy) is 3. The van der Waals surface area contributed by atoms with E-state index in [1.165, 1.54) is 6.92 Å². The second-order valence-electron chi connectivity index (χ2n) is 7.42. The molecule has 152 valence electrons. The molecule has 29 heavy (non-hydrogen) atoms. The molecular formula is C22H23NO6. The van der Waals surface area contributed by atoms with Gasteiger partial charge in [-0.05, 0) is 39.0 Å². The van der Waals surface area contributed by atoms with Gasteiger partial charge in [-0.25, -0.2) is 4.79 Å². The zero-order valence-corrected chi connectivity index (χ0v) is 16.6. The molecule has 1 heterocycles. The molecule has 1 N–H and O–H groups in total. The fourth-order valence-corrected chi connectivity index (χ4v) is 3.04. The molecule has 0 spiro atoms. The number of para-hydroxylation sites is 1. The maximum atomic E-state index is 12.0. The molecule has 0 fully saturated rings. The number of carbonyl (C=O) groups is 3. The van der Waals surface area contributed by atoms with Crippen LogP contribution in [0.25, 0.3) is 0 Å². The van der Waals surface area contributed by atoms with Crippen molar-refractivity contribution in [1.29, 1.82) is 0 Å². The van der Waals surface area contributed by atoms with E-state index in [2.05, 4.69) is 5.32 Å². The van der Waals surface area contributed by atoms with Gasteiger partial charge in [0.25, 0.3) is 5.91 Å². The molecule has 2 aromatic rings. The highest BCUT2D eigenvalue weighted by atomic mass is 16.6. The first-order valence-electron chi connectivity index (χ1n) is 9.24. The van der Waals surface area contributed by atoms with Gasteiger partial charge < -0.3 is 19.5 Å². The van der Waals surface area contributed by atoms with E-state index in [0.29, 0.717) is 22.7 Å². The van der Waals surface area contributed by atoms with Gasteiger partial charge in [-0.2, -0.15) is 0 Å². The number of anilines is 1. The van der Waals surface area contributed by atoms with Gasteiger partial charge >= 0.3 is 5.97 Å². The molecule has 0 aromatic heterocycles. The minimum Gasteiger partial charge on any atom is -0.483 e. The number of benzene rings is 2. The summed E-state index contributed by atoms with van der Waals surface area (Å²) < 4.78 is 16.4. The van der Waals surface area contributed by atoms with Crippen LogP contribution in [0, 0.1) is 0 Å². The van der Waals surface area contributed by atoms with Gasteiger partial charge in [0.2, 0.25) is 0 Å². The molecule has 0 radical (unpaired) electrons. The van der Waals surface area contributed by atoms with Crippen LogP contribution in [-0.2, 0) is 20.7 Å². The van der Waals surface area contributed by atoms with Gasteiger partial charge in [0.05, 0.1) is 0 Å². The quantitative estimate of drug-likeness (QED) is 0.570. The average Bonchev–Trinajstić information content (AvgIpc) is 2.99. The normalized spacial score (nSPS) is 13.8.